The van der Waals surface area contributed by atoms with Crippen LogP contribution in [-0.4, -0.2) is 190 Å². The molecule has 0 aliphatic carbocycles. The summed E-state index contributed by atoms with van der Waals surface area (Å²) in [6.45, 7) is 11.1. The van der Waals surface area contributed by atoms with E-state index in [9.17, 15) is 67.4 Å². The largest absolute Gasteiger partial charge is 0.394 e. The van der Waals surface area contributed by atoms with Gasteiger partial charge in [0.25, 0.3) is 5.91 Å². The Morgan fingerprint density at radius 2 is 1.09 bits per heavy atom. The highest BCUT2D eigenvalue weighted by atomic mass is 35.5. The van der Waals surface area contributed by atoms with Gasteiger partial charge in [0, 0.05) is 82.3 Å². The number of benzene rings is 4. The van der Waals surface area contributed by atoms with E-state index in [1.54, 1.807) is 62.4 Å². The predicted octanol–water partition coefficient (Wildman–Crippen LogP) is 1.17. The number of fused-ring (bicyclic) bond motifs is 1. The van der Waals surface area contributed by atoms with Crippen LogP contribution in [0.3, 0.4) is 0 Å². The minimum atomic E-state index is -2.11. The molecule has 2 heterocycles. The van der Waals surface area contributed by atoms with Crippen molar-refractivity contribution in [3.8, 4) is 0 Å². The molecule has 1 fully saturated rings. The molecule has 0 unspecified atom stereocenters. The highest BCUT2D eigenvalue weighted by molar-refractivity contribution is 6.30. The molecular formula is C73H97ClN16O14. The number of aliphatic hydroxyl groups is 1. The molecule has 1 saturated heterocycles. The number of nitrogens with two attached hydrogens (primary N) is 2. The average molecular weight is 1460 g/mol. The standard InChI is InChI=1S/C73H97ClN16O14/c1-41(2)33-55(64(95)82-54(18-11-12-31-78-42(3)4)72(103)90-32-14-19-61(90)70(101)79-43(5)62(75)94)83-67(98)58(36-47-23-28-53(29-24-47)80-44(6)92)86-71(102)63(89(8)73(76)104)88-69(100)60(40-91)87-68(99)59(38-49-15-13-30-77-39-49)85-66(97)57(35-46-21-26-52(74)27-22-46)84-65(96)56(81-45(7)93)37-48-20-25-50-16-9-10-17-51(50)34-48/h9-10,13,15-17,20-30,34,39,41-43,54-61,63,78,91H,11-12,14,18-19,31-33,35-38,40H2,1-8H3,(H2,75,94)(H2,76,104)(H,79,101)(H,80,92)(H,81,93)(H,82,95)(H,83,98)(H,84,96)(H,85,97)(H,86,102)(H,87,99)(H,88,100)/t43-,54+,55+,56-,57-,58-,59-,60+,61+,63+/m1/s1. The molecule has 30 nitrogen and oxygen atoms in total. The molecule has 0 bridgehead atoms. The van der Waals surface area contributed by atoms with Crippen LogP contribution in [0.5, 0.6) is 0 Å². The molecule has 14 amide bonds. The molecule has 560 valence electrons. The number of nitrogens with zero attached hydrogens (tertiary/aromatic N) is 3. The molecule has 4 aromatic carbocycles. The number of hydrogen-bond donors (Lipinski definition) is 14. The molecule has 0 radical (unpaired) electrons. The summed E-state index contributed by atoms with van der Waals surface area (Å²) in [6.07, 6.45) is 1.86. The van der Waals surface area contributed by atoms with Gasteiger partial charge in [-0.2, -0.15) is 0 Å². The molecule has 1 aliphatic rings. The minimum Gasteiger partial charge on any atom is -0.394 e. The van der Waals surface area contributed by atoms with E-state index >= 15 is 0 Å². The smallest absolute Gasteiger partial charge is 0.316 e. The number of nitrogens with one attached hydrogen (secondary N) is 11. The highest BCUT2D eigenvalue weighted by Gasteiger charge is 2.41. The van der Waals surface area contributed by atoms with Crippen molar-refractivity contribution in [2.75, 3.05) is 32.1 Å². The van der Waals surface area contributed by atoms with Crippen molar-refractivity contribution in [2.24, 2.45) is 17.4 Å². The van der Waals surface area contributed by atoms with Crippen molar-refractivity contribution in [1.29, 1.82) is 0 Å². The first kappa shape index (κ1) is 82.4. The number of likely N-dealkylation sites (tertiary alicyclic amines) is 1. The normalized spacial score (nSPS) is 15.2. The number of pyridine rings is 1. The molecule has 6 rings (SSSR count). The van der Waals surface area contributed by atoms with E-state index in [1.807, 2.05) is 56.3 Å². The van der Waals surface area contributed by atoms with Crippen molar-refractivity contribution in [3.05, 3.63) is 143 Å². The van der Waals surface area contributed by atoms with E-state index in [0.717, 1.165) is 17.8 Å². The number of amides is 14. The molecule has 1 aliphatic heterocycles. The zero-order chi connectivity index (χ0) is 76.3. The first-order valence-corrected chi connectivity index (χ1v) is 34.9. The maximum absolute atomic E-state index is 15.0. The lowest BCUT2D eigenvalue weighted by Gasteiger charge is -2.31. The minimum absolute atomic E-state index is 0.0129. The first-order valence-electron chi connectivity index (χ1n) is 34.5. The Hall–Kier alpha value is -10.6. The number of rotatable bonds is 38. The molecule has 104 heavy (non-hydrogen) atoms. The van der Waals surface area contributed by atoms with Crippen LogP contribution in [-0.2, 0) is 83.2 Å². The Morgan fingerprint density at radius 1 is 0.567 bits per heavy atom. The Balaban J connectivity index is 1.26. The summed E-state index contributed by atoms with van der Waals surface area (Å²) in [5.74, 6) is -10.2. The number of carbonyl (C=O) groups excluding carboxylic acids is 13. The van der Waals surface area contributed by atoms with Crippen LogP contribution in [0.15, 0.2) is 116 Å². The zero-order valence-electron chi connectivity index (χ0n) is 59.7. The fraction of sp³-hybridized carbons (Fsp3) is 0.452. The molecule has 5 aromatic rings. The second-order valence-electron chi connectivity index (χ2n) is 26.6. The van der Waals surface area contributed by atoms with E-state index in [2.05, 4.69) is 63.5 Å². The maximum atomic E-state index is 15.0. The van der Waals surface area contributed by atoms with Crippen LogP contribution in [0, 0.1) is 5.92 Å². The van der Waals surface area contributed by atoms with Crippen molar-refractivity contribution in [1.82, 2.24) is 68.0 Å². The summed E-state index contributed by atoms with van der Waals surface area (Å²) in [4.78, 5) is 187. The van der Waals surface area contributed by atoms with Crippen LogP contribution in [0.4, 0.5) is 10.5 Å². The quantitative estimate of drug-likeness (QED) is 0.0195. The molecular weight excluding hydrogens is 1360 g/mol. The number of likely N-dealkylation sites (N-methyl/N-ethyl adjacent to an activating group) is 1. The Morgan fingerprint density at radius 3 is 1.63 bits per heavy atom. The van der Waals surface area contributed by atoms with Crippen LogP contribution >= 0.6 is 11.6 Å². The summed E-state index contributed by atoms with van der Waals surface area (Å²) in [5.41, 5.74) is 13.6. The van der Waals surface area contributed by atoms with E-state index in [1.165, 1.54) is 50.2 Å². The number of aliphatic hydroxyl groups excluding tert-OH is 1. The number of primary amides is 2. The van der Waals surface area contributed by atoms with Gasteiger partial charge in [-0.05, 0) is 121 Å². The van der Waals surface area contributed by atoms with Crippen LogP contribution in [0.25, 0.3) is 10.8 Å². The predicted molar refractivity (Wildman–Crippen MR) is 389 cm³/mol. The highest BCUT2D eigenvalue weighted by Crippen LogP contribution is 2.23. The Labute approximate surface area is 609 Å². The second-order valence-corrected chi connectivity index (χ2v) is 27.0. The van der Waals surface area contributed by atoms with Crippen molar-refractivity contribution in [2.45, 2.75) is 179 Å². The number of hydrogen-bond acceptors (Lipinski definition) is 16. The van der Waals surface area contributed by atoms with Gasteiger partial charge in [-0.25, -0.2) is 4.79 Å². The summed E-state index contributed by atoms with van der Waals surface area (Å²) in [5, 5.41) is 42.6. The molecule has 0 saturated carbocycles. The summed E-state index contributed by atoms with van der Waals surface area (Å²) >= 11 is 6.22. The van der Waals surface area contributed by atoms with Gasteiger partial charge < -0.3 is 80.0 Å². The fourth-order valence-electron chi connectivity index (χ4n) is 11.7. The topological polar surface area (TPSA) is 446 Å². The Kier molecular flexibility index (Phi) is 31.9. The van der Waals surface area contributed by atoms with Crippen molar-refractivity contribution < 1.29 is 67.4 Å². The van der Waals surface area contributed by atoms with Gasteiger partial charge in [0.15, 0.2) is 6.17 Å². The van der Waals surface area contributed by atoms with Crippen LogP contribution < -0.4 is 70.0 Å². The van der Waals surface area contributed by atoms with Gasteiger partial charge in [-0.3, -0.25) is 67.4 Å². The number of carbonyl (C=O) groups is 13. The summed E-state index contributed by atoms with van der Waals surface area (Å²) in [6, 6.07) is 15.3. The third-order valence-electron chi connectivity index (χ3n) is 17.2. The van der Waals surface area contributed by atoms with E-state index in [-0.39, 0.29) is 69.4 Å². The molecule has 10 atom stereocenters. The molecule has 0 spiro atoms. The number of urea groups is 1. The van der Waals surface area contributed by atoms with Gasteiger partial charge in [-0.15, -0.1) is 0 Å². The fourth-order valence-corrected chi connectivity index (χ4v) is 11.8. The maximum Gasteiger partial charge on any atom is 0.316 e. The first-order chi connectivity index (χ1) is 49.4. The molecule has 31 heteroatoms. The van der Waals surface area contributed by atoms with Crippen LogP contribution in [0.2, 0.25) is 5.02 Å². The third-order valence-corrected chi connectivity index (χ3v) is 17.5. The monoisotopic (exact) mass is 1460 g/mol. The summed E-state index contributed by atoms with van der Waals surface area (Å²) < 4.78 is 0. The number of unbranched alkanes of at least 4 members (excludes halogenated alkanes) is 1. The van der Waals surface area contributed by atoms with Gasteiger partial charge in [0.1, 0.15) is 54.4 Å². The average Bonchev–Trinajstić information content (AvgIpc) is 1.86. The lowest BCUT2D eigenvalue weighted by atomic mass is 9.99. The Bertz CT molecular complexity index is 3830. The van der Waals surface area contributed by atoms with E-state index in [0.29, 0.717) is 63.7 Å². The lowest BCUT2D eigenvalue weighted by Crippen LogP contribution is -2.65. The summed E-state index contributed by atoms with van der Waals surface area (Å²) in [7, 11) is 1.04. The molecule has 1 aromatic heterocycles. The lowest BCUT2D eigenvalue weighted by molar-refractivity contribution is -0.142. The number of anilines is 1. The third kappa shape index (κ3) is 26.0. The van der Waals surface area contributed by atoms with Gasteiger partial charge >= 0.3 is 6.03 Å². The van der Waals surface area contributed by atoms with E-state index in [4.69, 9.17) is 23.1 Å². The second kappa shape index (κ2) is 40.3. The SMILES string of the molecule is CC(=O)Nc1ccc(C[C@@H](NC(=O)[C@@H](NC(=O)[C@H](CO)NC(=O)[C@@H](Cc2cccnc2)NC(=O)[C@@H](Cc2ccc(Cl)cc2)NC(=O)[C@@H](Cc2ccc3ccccc3c2)NC(C)=O)N(C)C(N)=O)C(=O)N[C@@H](CC(C)C)C(=O)N[C@@H](CCCCNC(C)C)C(=O)N2CCC[C@H]2C(=O)N[C@H](C)C(N)=O)cc1. The van der Waals surface area contributed by atoms with Crippen molar-refractivity contribution in [3.63, 3.8) is 0 Å². The van der Waals surface area contributed by atoms with Crippen LogP contribution in [0.1, 0.15) is 109 Å². The van der Waals surface area contributed by atoms with Gasteiger partial charge in [0.2, 0.25) is 65.0 Å². The number of halogens is 1. The van der Waals surface area contributed by atoms with Gasteiger partial charge in [0.05, 0.1) is 6.61 Å². The van der Waals surface area contributed by atoms with Gasteiger partial charge in [-0.1, -0.05) is 112 Å². The van der Waals surface area contributed by atoms with Crippen molar-refractivity contribution >= 4 is 105 Å². The zero-order valence-corrected chi connectivity index (χ0v) is 60.5. The van der Waals surface area contributed by atoms with E-state index < -0.39 is 138 Å². The molecule has 16 N–H and O–H groups in total. The number of aromatic nitrogens is 1.